The average Bonchev–Trinajstić information content (AvgIpc) is 3.45. The zero-order valence-corrected chi connectivity index (χ0v) is 23.4. The van der Waals surface area contributed by atoms with E-state index < -0.39 is 22.0 Å². The van der Waals surface area contributed by atoms with Crippen molar-refractivity contribution in [3.8, 4) is 6.07 Å². The maximum absolute atomic E-state index is 13.8. The van der Waals surface area contributed by atoms with E-state index in [4.69, 9.17) is 10.1 Å². The van der Waals surface area contributed by atoms with Gasteiger partial charge in [0, 0.05) is 41.9 Å². The van der Waals surface area contributed by atoms with Gasteiger partial charge in [0.1, 0.15) is 5.82 Å². The minimum absolute atomic E-state index is 0.227. The maximum atomic E-state index is 13.8. The normalized spacial score (nSPS) is 22.0. The molecule has 1 amide bonds. The smallest absolute Gasteiger partial charge is 0.256 e. The molecule has 2 N–H and O–H groups in total. The highest BCUT2D eigenvalue weighted by atomic mass is 79.9. The van der Waals surface area contributed by atoms with Crippen molar-refractivity contribution in [3.63, 3.8) is 0 Å². The number of sulfonamides is 1. The lowest BCUT2D eigenvalue weighted by atomic mass is 9.98. The van der Waals surface area contributed by atoms with Crippen molar-refractivity contribution < 1.29 is 18.3 Å². The summed E-state index contributed by atoms with van der Waals surface area (Å²) in [6.07, 6.45) is 4.67. The largest absolute Gasteiger partial charge is 0.390 e. The van der Waals surface area contributed by atoms with Crippen LogP contribution in [0.5, 0.6) is 0 Å². The minimum Gasteiger partial charge on any atom is -0.390 e. The predicted octanol–water partition coefficient (Wildman–Crippen LogP) is 2.86. The van der Waals surface area contributed by atoms with Crippen LogP contribution >= 0.6 is 15.9 Å². The highest BCUT2D eigenvalue weighted by Gasteiger charge is 2.34. The first-order valence-electron chi connectivity index (χ1n) is 12.3. The Kier molecular flexibility index (Phi) is 7.06. The Morgan fingerprint density at radius 3 is 2.76 bits per heavy atom. The number of aryl methyl sites for hydroxylation is 1. The molecule has 2 aliphatic heterocycles. The second kappa shape index (κ2) is 10.2. The Hall–Kier alpha value is -3.21. The van der Waals surface area contributed by atoms with Crippen LogP contribution < -0.4 is 9.62 Å². The number of fused-ring (bicyclic) bond motifs is 1. The summed E-state index contributed by atoms with van der Waals surface area (Å²) < 4.78 is 28.7. The lowest BCUT2D eigenvalue weighted by molar-refractivity contribution is 0.0606. The monoisotopic (exact) mass is 601 g/mol. The third-order valence-electron chi connectivity index (χ3n) is 6.99. The molecule has 0 spiro atoms. The topological polar surface area (TPSA) is 144 Å². The molecule has 3 aromatic rings. The fourth-order valence-corrected chi connectivity index (χ4v) is 6.15. The highest BCUT2D eigenvalue weighted by Crippen LogP contribution is 2.34. The third-order valence-corrected chi connectivity index (χ3v) is 8.07. The number of nitrogens with one attached hydrogen (secondary N) is 1. The molecule has 200 valence electrons. The first-order valence-corrected chi connectivity index (χ1v) is 15.0. The van der Waals surface area contributed by atoms with Gasteiger partial charge in [0.15, 0.2) is 5.65 Å². The Labute approximate surface area is 229 Å². The van der Waals surface area contributed by atoms with Gasteiger partial charge in [-0.25, -0.2) is 17.9 Å². The number of anilines is 2. The molecule has 5 rings (SSSR count). The summed E-state index contributed by atoms with van der Waals surface area (Å²) in [5.41, 5.74) is 2.66. The summed E-state index contributed by atoms with van der Waals surface area (Å²) in [6, 6.07) is 8.60. The standard InChI is InChI=1S/C25H28BrN7O4S/c1-15-12-33-23(28-24(15)31-13-16(11-27)22(34)14-31)10-20(29-33)21-5-3-4-8-32(21)25(35)18-9-17(26)6-7-19(18)30-38(2,36)37/h6-7,9-10,12,16,21-22,30,34H,3-5,8,13-14H2,1-2H3/t16-,21+,22+/m1/s1. The summed E-state index contributed by atoms with van der Waals surface area (Å²) in [5.74, 6) is -0.0459. The summed E-state index contributed by atoms with van der Waals surface area (Å²) >= 11 is 3.40. The van der Waals surface area contributed by atoms with Gasteiger partial charge in [-0.15, -0.1) is 0 Å². The van der Waals surface area contributed by atoms with Crippen molar-refractivity contribution in [2.75, 3.05) is 35.5 Å². The molecular weight excluding hydrogens is 574 g/mol. The highest BCUT2D eigenvalue weighted by molar-refractivity contribution is 9.10. The first kappa shape index (κ1) is 26.4. The summed E-state index contributed by atoms with van der Waals surface area (Å²) in [6.45, 7) is 3.17. The summed E-state index contributed by atoms with van der Waals surface area (Å²) in [5, 5.41) is 24.2. The molecule has 13 heteroatoms. The van der Waals surface area contributed by atoms with Crippen LogP contribution in [0.25, 0.3) is 5.65 Å². The zero-order chi connectivity index (χ0) is 27.2. The molecule has 0 unspecified atom stereocenters. The van der Waals surface area contributed by atoms with Gasteiger partial charge in [0.2, 0.25) is 10.0 Å². The number of hydrogen-bond acceptors (Lipinski definition) is 8. The van der Waals surface area contributed by atoms with Crippen LogP contribution in [0.15, 0.2) is 34.9 Å². The van der Waals surface area contributed by atoms with E-state index in [2.05, 4.69) is 26.7 Å². The van der Waals surface area contributed by atoms with E-state index in [1.807, 2.05) is 24.1 Å². The van der Waals surface area contributed by atoms with E-state index in [0.29, 0.717) is 47.7 Å². The average molecular weight is 603 g/mol. The van der Waals surface area contributed by atoms with Gasteiger partial charge in [0.25, 0.3) is 5.91 Å². The van der Waals surface area contributed by atoms with Crippen molar-refractivity contribution in [1.29, 1.82) is 5.26 Å². The predicted molar refractivity (Wildman–Crippen MR) is 145 cm³/mol. The molecule has 0 bridgehead atoms. The third kappa shape index (κ3) is 5.21. The number of carbonyl (C=O) groups excluding carboxylic acids is 1. The Morgan fingerprint density at radius 1 is 1.26 bits per heavy atom. The van der Waals surface area contributed by atoms with E-state index in [1.165, 1.54) is 0 Å². The molecule has 0 saturated carbocycles. The number of nitriles is 1. The molecule has 11 nitrogen and oxygen atoms in total. The molecule has 0 radical (unpaired) electrons. The Balaban J connectivity index is 1.48. The van der Waals surface area contributed by atoms with Crippen LogP contribution in [0, 0.1) is 24.2 Å². The van der Waals surface area contributed by atoms with Crippen molar-refractivity contribution in [1.82, 2.24) is 19.5 Å². The lowest BCUT2D eigenvalue weighted by Crippen LogP contribution is -2.39. The SMILES string of the molecule is Cc1cn2nc([C@@H]3CCCCN3C(=O)c3cc(Br)ccc3NS(C)(=O)=O)cc2nc1N1C[C@@H](C#N)[C@@H](O)C1. The summed E-state index contributed by atoms with van der Waals surface area (Å²) in [7, 11) is -3.58. The first-order chi connectivity index (χ1) is 18.0. The molecule has 2 saturated heterocycles. The zero-order valence-electron chi connectivity index (χ0n) is 21.0. The molecular formula is C25H28BrN7O4S. The number of rotatable bonds is 5. The maximum Gasteiger partial charge on any atom is 0.256 e. The number of halogens is 1. The van der Waals surface area contributed by atoms with Gasteiger partial charge < -0.3 is 14.9 Å². The van der Waals surface area contributed by atoms with E-state index in [-0.39, 0.29) is 23.2 Å². The van der Waals surface area contributed by atoms with Gasteiger partial charge >= 0.3 is 0 Å². The number of carbonyl (C=O) groups is 1. The second-order valence-electron chi connectivity index (χ2n) is 9.90. The number of likely N-dealkylation sites (tertiary alicyclic amines) is 1. The molecule has 4 heterocycles. The van der Waals surface area contributed by atoms with Crippen molar-refractivity contribution in [2.45, 2.75) is 38.3 Å². The Bertz CT molecular complexity index is 1550. The molecule has 2 fully saturated rings. The van der Waals surface area contributed by atoms with Crippen LogP contribution in [0.3, 0.4) is 0 Å². The number of aromatic nitrogens is 3. The van der Waals surface area contributed by atoms with E-state index in [0.717, 1.165) is 24.7 Å². The quantitative estimate of drug-likeness (QED) is 0.454. The lowest BCUT2D eigenvalue weighted by Gasteiger charge is -2.35. The van der Waals surface area contributed by atoms with E-state index >= 15 is 0 Å². The van der Waals surface area contributed by atoms with Crippen LogP contribution in [0.4, 0.5) is 11.5 Å². The van der Waals surface area contributed by atoms with Crippen LogP contribution in [-0.4, -0.2) is 70.9 Å². The van der Waals surface area contributed by atoms with E-state index in [1.54, 1.807) is 27.6 Å². The van der Waals surface area contributed by atoms with Crippen LogP contribution in [0.1, 0.15) is 46.9 Å². The van der Waals surface area contributed by atoms with Crippen molar-refractivity contribution in [3.05, 3.63) is 51.8 Å². The fourth-order valence-electron chi connectivity index (χ4n) is 5.21. The molecule has 1 aromatic carbocycles. The Morgan fingerprint density at radius 2 is 2.05 bits per heavy atom. The molecule has 0 aliphatic carbocycles. The number of hydrogen-bond donors (Lipinski definition) is 2. The second-order valence-corrected chi connectivity index (χ2v) is 12.6. The molecule has 38 heavy (non-hydrogen) atoms. The van der Waals surface area contributed by atoms with Gasteiger partial charge in [-0.2, -0.15) is 10.4 Å². The number of aliphatic hydroxyl groups is 1. The number of nitrogens with zero attached hydrogens (tertiary/aromatic N) is 6. The number of benzene rings is 1. The van der Waals surface area contributed by atoms with Crippen LogP contribution in [0.2, 0.25) is 0 Å². The van der Waals surface area contributed by atoms with Crippen molar-refractivity contribution >= 4 is 49.0 Å². The van der Waals surface area contributed by atoms with Crippen LogP contribution in [-0.2, 0) is 10.0 Å². The summed E-state index contributed by atoms with van der Waals surface area (Å²) in [4.78, 5) is 22.3. The molecule has 2 aromatic heterocycles. The number of piperidine rings is 1. The van der Waals surface area contributed by atoms with Gasteiger partial charge in [-0.3, -0.25) is 9.52 Å². The number of aliphatic hydroxyl groups excluding tert-OH is 1. The van der Waals surface area contributed by atoms with E-state index in [9.17, 15) is 23.6 Å². The minimum atomic E-state index is -3.58. The molecule has 3 atom stereocenters. The molecule has 2 aliphatic rings. The number of amides is 1. The van der Waals surface area contributed by atoms with Gasteiger partial charge in [-0.1, -0.05) is 15.9 Å². The fraction of sp³-hybridized carbons (Fsp3) is 0.440. The number of β-amino-alcohol motifs (C(OH)–C–C–N with tert-alkyl or cyclic N) is 1. The van der Waals surface area contributed by atoms with Gasteiger partial charge in [-0.05, 0) is 44.4 Å². The van der Waals surface area contributed by atoms with Gasteiger partial charge in [0.05, 0.1) is 47.3 Å². The van der Waals surface area contributed by atoms with Crippen molar-refractivity contribution in [2.24, 2.45) is 5.92 Å².